The number of nitrogens with two attached hydrogens (primary N) is 2. The van der Waals surface area contributed by atoms with Gasteiger partial charge in [0, 0.05) is 12.8 Å². The fraction of sp³-hybridized carbons (Fsp3) is 1.00. The summed E-state index contributed by atoms with van der Waals surface area (Å²) in [4.78, 5) is 0. The van der Waals surface area contributed by atoms with E-state index in [-0.39, 0.29) is 24.8 Å². The predicted octanol–water partition coefficient (Wildman–Crippen LogP) is -0.833. The van der Waals surface area contributed by atoms with Crippen LogP contribution in [-0.2, 0) is 18.9 Å². The topological polar surface area (TPSA) is 89.0 Å². The predicted molar refractivity (Wildman–Crippen MR) is 56.6 cm³/mol. The van der Waals surface area contributed by atoms with E-state index in [9.17, 15) is 0 Å². The highest BCUT2D eigenvalue weighted by Crippen LogP contribution is 2.24. The second-order valence-corrected chi connectivity index (χ2v) is 4.03. The van der Waals surface area contributed by atoms with Gasteiger partial charge in [-0.05, 0) is 13.1 Å². The molecule has 0 spiro atoms. The number of fused-ring (bicyclic) bond motifs is 1. The molecule has 4 N–H and O–H groups in total. The summed E-state index contributed by atoms with van der Waals surface area (Å²) in [5, 5.41) is 0. The number of hydrogen-bond acceptors (Lipinski definition) is 6. The van der Waals surface area contributed by atoms with Gasteiger partial charge in [-0.1, -0.05) is 0 Å². The summed E-state index contributed by atoms with van der Waals surface area (Å²) in [5.41, 5.74) is 10.9. The summed E-state index contributed by atoms with van der Waals surface area (Å²) >= 11 is 0. The molecule has 0 bridgehead atoms. The minimum Gasteiger partial charge on any atom is -0.350 e. The molecule has 2 saturated heterocycles. The van der Waals surface area contributed by atoms with Gasteiger partial charge in [-0.2, -0.15) is 0 Å². The van der Waals surface area contributed by atoms with Crippen LogP contribution in [0.5, 0.6) is 0 Å². The molecule has 2 aliphatic rings. The summed E-state index contributed by atoms with van der Waals surface area (Å²) in [6.07, 6.45) is 0.887. The molecule has 2 rings (SSSR count). The first-order valence-corrected chi connectivity index (χ1v) is 5.77. The molecule has 4 atom stereocenters. The van der Waals surface area contributed by atoms with Gasteiger partial charge in [0.1, 0.15) is 12.2 Å². The monoisotopic (exact) mass is 232 g/mol. The Labute approximate surface area is 95.1 Å². The molecule has 2 aliphatic heterocycles. The van der Waals surface area contributed by atoms with E-state index in [0.717, 1.165) is 0 Å². The average Bonchev–Trinajstić information content (AvgIpc) is 2.30. The molecule has 0 radical (unpaired) electrons. The normalized spacial score (nSPS) is 39.4. The molecule has 0 aromatic carbocycles. The lowest BCUT2D eigenvalue weighted by Gasteiger charge is -2.41. The molecule has 0 aromatic heterocycles. The lowest BCUT2D eigenvalue weighted by atomic mass is 10.1. The lowest BCUT2D eigenvalue weighted by molar-refractivity contribution is -0.336. The maximum Gasteiger partial charge on any atom is 0.159 e. The molecular formula is C10H20N2O4. The highest BCUT2D eigenvalue weighted by Gasteiger charge is 2.38. The Morgan fingerprint density at radius 1 is 0.812 bits per heavy atom. The number of rotatable bonds is 4. The van der Waals surface area contributed by atoms with Crippen molar-refractivity contribution in [1.29, 1.82) is 0 Å². The van der Waals surface area contributed by atoms with Crippen molar-refractivity contribution in [2.75, 3.05) is 26.3 Å². The van der Waals surface area contributed by atoms with Crippen molar-refractivity contribution >= 4 is 0 Å². The van der Waals surface area contributed by atoms with Crippen molar-refractivity contribution < 1.29 is 18.9 Å². The van der Waals surface area contributed by atoms with Gasteiger partial charge >= 0.3 is 0 Å². The minimum atomic E-state index is -0.218. The van der Waals surface area contributed by atoms with Crippen molar-refractivity contribution in [3.8, 4) is 0 Å². The first kappa shape index (κ1) is 12.2. The summed E-state index contributed by atoms with van der Waals surface area (Å²) in [6, 6.07) is 0. The minimum absolute atomic E-state index is 0.0423. The smallest absolute Gasteiger partial charge is 0.159 e. The zero-order chi connectivity index (χ0) is 11.4. The van der Waals surface area contributed by atoms with Crippen LogP contribution >= 0.6 is 0 Å². The molecule has 2 heterocycles. The highest BCUT2D eigenvalue weighted by molar-refractivity contribution is 4.79. The Morgan fingerprint density at radius 3 is 1.62 bits per heavy atom. The Hall–Kier alpha value is -0.240. The van der Waals surface area contributed by atoms with Crippen LogP contribution in [0.3, 0.4) is 0 Å². The van der Waals surface area contributed by atoms with Gasteiger partial charge < -0.3 is 30.4 Å². The number of hydrogen-bond donors (Lipinski definition) is 2. The second-order valence-electron chi connectivity index (χ2n) is 4.03. The van der Waals surface area contributed by atoms with E-state index >= 15 is 0 Å². The standard InChI is InChI=1S/C10H20N2O4/c11-3-1-9-13-5-8-7(15-9)6-14-10(16-8)2-4-12/h7-10H,1-6,11-12H2/t7-,8-,9+,10+/m0/s1. The Morgan fingerprint density at radius 2 is 1.25 bits per heavy atom. The van der Waals surface area contributed by atoms with Gasteiger partial charge in [-0.25, -0.2) is 0 Å². The van der Waals surface area contributed by atoms with E-state index in [1.807, 2.05) is 0 Å². The van der Waals surface area contributed by atoms with Crippen LogP contribution in [-0.4, -0.2) is 51.1 Å². The third-order valence-corrected chi connectivity index (χ3v) is 2.77. The van der Waals surface area contributed by atoms with Crippen molar-refractivity contribution in [2.45, 2.75) is 37.6 Å². The molecule has 6 heteroatoms. The zero-order valence-electron chi connectivity index (χ0n) is 9.34. The molecule has 2 fully saturated rings. The molecule has 0 aromatic rings. The summed E-state index contributed by atoms with van der Waals surface area (Å²) in [7, 11) is 0. The van der Waals surface area contributed by atoms with Crippen molar-refractivity contribution in [2.24, 2.45) is 11.5 Å². The van der Waals surface area contributed by atoms with E-state index in [0.29, 0.717) is 39.1 Å². The first-order chi connectivity index (χ1) is 7.83. The van der Waals surface area contributed by atoms with Gasteiger partial charge in [-0.3, -0.25) is 0 Å². The van der Waals surface area contributed by atoms with Crippen LogP contribution in [0.2, 0.25) is 0 Å². The zero-order valence-corrected chi connectivity index (χ0v) is 9.34. The molecule has 0 saturated carbocycles. The molecule has 0 amide bonds. The maximum absolute atomic E-state index is 5.67. The van der Waals surface area contributed by atoms with E-state index < -0.39 is 0 Å². The van der Waals surface area contributed by atoms with Crippen LogP contribution in [0.15, 0.2) is 0 Å². The van der Waals surface area contributed by atoms with Crippen LogP contribution in [0.4, 0.5) is 0 Å². The van der Waals surface area contributed by atoms with Crippen LogP contribution in [0.25, 0.3) is 0 Å². The van der Waals surface area contributed by atoms with Crippen molar-refractivity contribution in [3.05, 3.63) is 0 Å². The quantitative estimate of drug-likeness (QED) is 0.657. The second kappa shape index (κ2) is 5.90. The largest absolute Gasteiger partial charge is 0.350 e. The summed E-state index contributed by atoms with van der Waals surface area (Å²) in [6.45, 7) is 2.19. The summed E-state index contributed by atoms with van der Waals surface area (Å²) < 4.78 is 22.3. The SMILES string of the molecule is NCC[C@@H]1OC[C@@H]2O[C@H](CCN)OC[C@@H]2O1. The maximum atomic E-state index is 5.67. The molecular weight excluding hydrogens is 212 g/mol. The van der Waals surface area contributed by atoms with Crippen molar-refractivity contribution in [3.63, 3.8) is 0 Å². The van der Waals surface area contributed by atoms with Crippen molar-refractivity contribution in [1.82, 2.24) is 0 Å². The van der Waals surface area contributed by atoms with Crippen LogP contribution in [0, 0.1) is 0 Å². The van der Waals surface area contributed by atoms with E-state index in [2.05, 4.69) is 0 Å². The van der Waals surface area contributed by atoms with Crippen LogP contribution < -0.4 is 11.5 Å². The van der Waals surface area contributed by atoms with Gasteiger partial charge in [0.05, 0.1) is 13.2 Å². The lowest BCUT2D eigenvalue weighted by Crippen LogP contribution is -2.53. The third kappa shape index (κ3) is 2.91. The molecule has 0 aliphatic carbocycles. The highest BCUT2D eigenvalue weighted by atomic mass is 16.8. The number of ether oxygens (including phenoxy) is 4. The fourth-order valence-electron chi connectivity index (χ4n) is 1.92. The third-order valence-electron chi connectivity index (χ3n) is 2.77. The Bertz CT molecular complexity index is 195. The van der Waals surface area contributed by atoms with Crippen LogP contribution in [0.1, 0.15) is 12.8 Å². The van der Waals surface area contributed by atoms with Gasteiger partial charge in [0.15, 0.2) is 12.6 Å². The molecule has 94 valence electrons. The Kier molecular flexibility index (Phi) is 4.51. The first-order valence-electron chi connectivity index (χ1n) is 5.77. The molecule has 0 unspecified atom stereocenters. The van der Waals surface area contributed by atoms with E-state index in [4.69, 9.17) is 30.4 Å². The molecule has 16 heavy (non-hydrogen) atoms. The average molecular weight is 232 g/mol. The van der Waals surface area contributed by atoms with E-state index in [1.54, 1.807) is 0 Å². The fourth-order valence-corrected chi connectivity index (χ4v) is 1.92. The van der Waals surface area contributed by atoms with E-state index in [1.165, 1.54) is 0 Å². The summed E-state index contributed by atoms with van der Waals surface area (Å²) in [5.74, 6) is 0. The van der Waals surface area contributed by atoms with Gasteiger partial charge in [0.25, 0.3) is 0 Å². The molecule has 6 nitrogen and oxygen atoms in total. The van der Waals surface area contributed by atoms with Gasteiger partial charge in [0.2, 0.25) is 0 Å². The Balaban J connectivity index is 1.80. The van der Waals surface area contributed by atoms with Gasteiger partial charge in [-0.15, -0.1) is 0 Å².